The van der Waals surface area contributed by atoms with Gasteiger partial charge in [-0.3, -0.25) is 0 Å². The van der Waals surface area contributed by atoms with Crippen LogP contribution in [0.4, 0.5) is 8.78 Å². The number of halogens is 2. The summed E-state index contributed by atoms with van der Waals surface area (Å²) >= 11 is 0. The SMILES string of the molecule is FC(F)c1ccc(OCc2cn(C3CC3)nn2)nc1. The first-order valence-electron chi connectivity index (χ1n) is 6.00. The van der Waals surface area contributed by atoms with Crippen LogP contribution >= 0.6 is 0 Å². The first-order chi connectivity index (χ1) is 9.22. The maximum atomic E-state index is 12.3. The van der Waals surface area contributed by atoms with Crippen molar-refractivity contribution in [3.05, 3.63) is 35.8 Å². The van der Waals surface area contributed by atoms with Gasteiger partial charge in [-0.2, -0.15) is 0 Å². The van der Waals surface area contributed by atoms with Gasteiger partial charge in [0.15, 0.2) is 0 Å². The Balaban J connectivity index is 1.58. The van der Waals surface area contributed by atoms with E-state index in [0.29, 0.717) is 17.6 Å². The molecule has 19 heavy (non-hydrogen) atoms. The van der Waals surface area contributed by atoms with Crippen LogP contribution in [-0.2, 0) is 6.61 Å². The topological polar surface area (TPSA) is 52.8 Å². The van der Waals surface area contributed by atoms with E-state index in [1.165, 1.54) is 12.1 Å². The quantitative estimate of drug-likeness (QED) is 0.834. The van der Waals surface area contributed by atoms with Crippen LogP contribution in [0.1, 0.15) is 36.6 Å². The van der Waals surface area contributed by atoms with Crippen molar-refractivity contribution in [2.45, 2.75) is 31.9 Å². The van der Waals surface area contributed by atoms with Crippen molar-refractivity contribution in [1.29, 1.82) is 0 Å². The van der Waals surface area contributed by atoms with E-state index in [1.807, 2.05) is 10.9 Å². The van der Waals surface area contributed by atoms with Crippen LogP contribution in [0, 0.1) is 0 Å². The minimum absolute atomic E-state index is 0.118. The van der Waals surface area contributed by atoms with E-state index >= 15 is 0 Å². The lowest BCUT2D eigenvalue weighted by molar-refractivity contribution is 0.150. The van der Waals surface area contributed by atoms with E-state index in [9.17, 15) is 8.78 Å². The van der Waals surface area contributed by atoms with Crippen LogP contribution in [0.2, 0.25) is 0 Å². The van der Waals surface area contributed by atoms with E-state index in [4.69, 9.17) is 4.74 Å². The Morgan fingerprint density at radius 3 is 2.84 bits per heavy atom. The summed E-state index contributed by atoms with van der Waals surface area (Å²) in [6.07, 6.45) is 2.72. The second kappa shape index (κ2) is 4.91. The molecule has 0 radical (unpaired) electrons. The van der Waals surface area contributed by atoms with Gasteiger partial charge in [-0.15, -0.1) is 5.10 Å². The molecule has 1 aliphatic carbocycles. The Morgan fingerprint density at radius 1 is 1.37 bits per heavy atom. The van der Waals surface area contributed by atoms with Crippen LogP contribution < -0.4 is 4.74 Å². The molecule has 0 N–H and O–H groups in total. The summed E-state index contributed by atoms with van der Waals surface area (Å²) in [5, 5.41) is 7.97. The van der Waals surface area contributed by atoms with Gasteiger partial charge in [0.2, 0.25) is 5.88 Å². The molecule has 0 saturated heterocycles. The Labute approximate surface area is 108 Å². The summed E-state index contributed by atoms with van der Waals surface area (Å²) in [5.41, 5.74) is 0.582. The van der Waals surface area contributed by atoms with Crippen molar-refractivity contribution in [2.75, 3.05) is 0 Å². The number of alkyl halides is 2. The molecule has 5 nitrogen and oxygen atoms in total. The summed E-state index contributed by atoms with van der Waals surface area (Å²) in [6.45, 7) is 0.230. The van der Waals surface area contributed by atoms with Crippen LogP contribution in [0.15, 0.2) is 24.5 Å². The third-order valence-electron chi connectivity index (χ3n) is 2.86. The molecule has 1 saturated carbocycles. The molecule has 0 atom stereocenters. The Bertz CT molecular complexity index is 551. The fourth-order valence-corrected chi connectivity index (χ4v) is 1.65. The number of rotatable bonds is 5. The summed E-state index contributed by atoms with van der Waals surface area (Å²) in [4.78, 5) is 3.81. The highest BCUT2D eigenvalue weighted by atomic mass is 19.3. The number of ether oxygens (including phenoxy) is 1. The van der Waals surface area contributed by atoms with Gasteiger partial charge in [0.05, 0.1) is 12.2 Å². The first-order valence-corrected chi connectivity index (χ1v) is 6.00. The van der Waals surface area contributed by atoms with E-state index in [0.717, 1.165) is 19.0 Å². The lowest BCUT2D eigenvalue weighted by Gasteiger charge is -2.03. The van der Waals surface area contributed by atoms with Crippen molar-refractivity contribution >= 4 is 0 Å². The van der Waals surface area contributed by atoms with Crippen LogP contribution in [0.25, 0.3) is 0 Å². The number of hydrogen-bond donors (Lipinski definition) is 0. The molecule has 7 heteroatoms. The summed E-state index contributed by atoms with van der Waals surface area (Å²) in [5.74, 6) is 0.297. The number of nitrogens with zero attached hydrogens (tertiary/aromatic N) is 4. The summed E-state index contributed by atoms with van der Waals surface area (Å²) < 4.78 is 31.9. The average Bonchev–Trinajstić information content (AvgIpc) is 3.16. The maximum Gasteiger partial charge on any atom is 0.265 e. The largest absolute Gasteiger partial charge is 0.471 e. The molecular formula is C12H12F2N4O. The number of pyridine rings is 1. The zero-order valence-corrected chi connectivity index (χ0v) is 10.0. The summed E-state index contributed by atoms with van der Waals surface area (Å²) in [7, 11) is 0. The lowest BCUT2D eigenvalue weighted by atomic mass is 10.3. The standard InChI is InChI=1S/C12H12F2N4O/c13-12(14)8-1-4-11(15-5-8)19-7-9-6-18(17-16-9)10-2-3-10/h1,4-6,10,12H,2-3,7H2. The van der Waals surface area contributed by atoms with Crippen molar-refractivity contribution < 1.29 is 13.5 Å². The summed E-state index contributed by atoms with van der Waals surface area (Å²) in [6, 6.07) is 3.20. The molecule has 0 aliphatic heterocycles. The van der Waals surface area contributed by atoms with Crippen molar-refractivity contribution in [2.24, 2.45) is 0 Å². The minimum atomic E-state index is -2.51. The fourth-order valence-electron chi connectivity index (χ4n) is 1.65. The molecule has 2 aromatic rings. The van der Waals surface area contributed by atoms with Crippen molar-refractivity contribution in [3.63, 3.8) is 0 Å². The van der Waals surface area contributed by atoms with E-state index < -0.39 is 6.43 Å². The van der Waals surface area contributed by atoms with E-state index in [2.05, 4.69) is 15.3 Å². The van der Waals surface area contributed by atoms with Gasteiger partial charge in [0, 0.05) is 17.8 Å². The average molecular weight is 266 g/mol. The Hall–Kier alpha value is -2.05. The van der Waals surface area contributed by atoms with Crippen molar-refractivity contribution in [1.82, 2.24) is 20.0 Å². The highest BCUT2D eigenvalue weighted by molar-refractivity contribution is 5.18. The first kappa shape index (κ1) is 12.0. The third-order valence-corrected chi connectivity index (χ3v) is 2.86. The van der Waals surface area contributed by atoms with Crippen molar-refractivity contribution in [3.8, 4) is 5.88 Å². The molecule has 3 rings (SSSR count). The molecule has 0 unspecified atom stereocenters. The van der Waals surface area contributed by atoms with E-state index in [-0.39, 0.29) is 12.2 Å². The second-order valence-electron chi connectivity index (χ2n) is 4.44. The molecule has 0 bridgehead atoms. The highest BCUT2D eigenvalue weighted by Gasteiger charge is 2.24. The maximum absolute atomic E-state index is 12.3. The van der Waals surface area contributed by atoms with Crippen LogP contribution in [0.3, 0.4) is 0 Å². The van der Waals surface area contributed by atoms with E-state index in [1.54, 1.807) is 0 Å². The molecule has 0 aromatic carbocycles. The minimum Gasteiger partial charge on any atom is -0.471 e. The lowest BCUT2D eigenvalue weighted by Crippen LogP contribution is -1.98. The smallest absolute Gasteiger partial charge is 0.265 e. The van der Waals surface area contributed by atoms with Gasteiger partial charge in [0.25, 0.3) is 6.43 Å². The molecule has 1 aliphatic rings. The van der Waals surface area contributed by atoms with Gasteiger partial charge < -0.3 is 4.74 Å². The zero-order valence-electron chi connectivity index (χ0n) is 10.0. The molecule has 2 aromatic heterocycles. The van der Waals surface area contributed by atoms with Gasteiger partial charge in [-0.25, -0.2) is 18.4 Å². The molecular weight excluding hydrogens is 254 g/mol. The highest BCUT2D eigenvalue weighted by Crippen LogP contribution is 2.33. The Kier molecular flexibility index (Phi) is 3.10. The van der Waals surface area contributed by atoms with Crippen LogP contribution in [0.5, 0.6) is 5.88 Å². The fraction of sp³-hybridized carbons (Fsp3) is 0.417. The van der Waals surface area contributed by atoms with Crippen LogP contribution in [-0.4, -0.2) is 20.0 Å². The van der Waals surface area contributed by atoms with Gasteiger partial charge in [-0.05, 0) is 18.9 Å². The van der Waals surface area contributed by atoms with Gasteiger partial charge in [0.1, 0.15) is 12.3 Å². The predicted octanol–water partition coefficient (Wildman–Crippen LogP) is 2.52. The molecule has 0 amide bonds. The Morgan fingerprint density at radius 2 is 2.21 bits per heavy atom. The zero-order chi connectivity index (χ0) is 13.2. The normalized spacial score (nSPS) is 14.9. The molecule has 0 spiro atoms. The third kappa shape index (κ3) is 2.86. The second-order valence-corrected chi connectivity index (χ2v) is 4.44. The molecule has 100 valence electrons. The molecule has 1 fully saturated rings. The number of aromatic nitrogens is 4. The predicted molar refractivity (Wildman–Crippen MR) is 61.8 cm³/mol. The molecule has 2 heterocycles. The van der Waals surface area contributed by atoms with Gasteiger partial charge in [-0.1, -0.05) is 5.21 Å². The van der Waals surface area contributed by atoms with Gasteiger partial charge >= 0.3 is 0 Å². The monoisotopic (exact) mass is 266 g/mol. The number of hydrogen-bond acceptors (Lipinski definition) is 4.